The van der Waals surface area contributed by atoms with Crippen LogP contribution in [-0.4, -0.2) is 16.5 Å². The number of fused-ring (bicyclic) bond motifs is 2. The van der Waals surface area contributed by atoms with Crippen molar-refractivity contribution in [3.8, 4) is 0 Å². The first-order chi connectivity index (χ1) is 6.80. The molecule has 1 aromatic heterocycles. The van der Waals surface area contributed by atoms with E-state index in [1.165, 1.54) is 37.1 Å². The summed E-state index contributed by atoms with van der Waals surface area (Å²) >= 11 is 3.43. The molecular weight excluding hydrogens is 242 g/mol. The van der Waals surface area contributed by atoms with Gasteiger partial charge in [-0.1, -0.05) is 12.8 Å². The molecule has 76 valence electrons. The van der Waals surface area contributed by atoms with Crippen LogP contribution in [-0.2, 0) is 12.0 Å². The monoisotopic (exact) mass is 255 g/mol. The maximum atomic E-state index is 4.59. The van der Waals surface area contributed by atoms with Crippen molar-refractivity contribution in [3.63, 3.8) is 0 Å². The highest BCUT2D eigenvalue weighted by molar-refractivity contribution is 9.10. The quantitative estimate of drug-likeness (QED) is 0.746. The van der Waals surface area contributed by atoms with E-state index >= 15 is 0 Å². The summed E-state index contributed by atoms with van der Waals surface area (Å²) in [4.78, 5) is 7.90. The van der Waals surface area contributed by atoms with Gasteiger partial charge in [-0.15, -0.1) is 0 Å². The van der Waals surface area contributed by atoms with Gasteiger partial charge in [-0.2, -0.15) is 0 Å². The van der Waals surface area contributed by atoms with Gasteiger partial charge in [0.1, 0.15) is 0 Å². The highest BCUT2D eigenvalue weighted by Gasteiger charge is 2.41. The first-order valence-corrected chi connectivity index (χ1v) is 6.09. The summed E-state index contributed by atoms with van der Waals surface area (Å²) in [5, 5.41) is 3.66. The third kappa shape index (κ3) is 1.17. The molecule has 1 aliphatic carbocycles. The lowest BCUT2D eigenvalue weighted by atomic mass is 9.88. The molecule has 0 unspecified atom stereocenters. The van der Waals surface area contributed by atoms with E-state index in [1.54, 1.807) is 0 Å². The number of H-pyrrole nitrogens is 1. The maximum absolute atomic E-state index is 4.59. The molecule has 2 heterocycles. The molecule has 1 fully saturated rings. The molecular formula is C10H14BrN3. The maximum Gasteiger partial charge on any atom is 0.174 e. The van der Waals surface area contributed by atoms with Crippen molar-refractivity contribution in [3.05, 3.63) is 16.1 Å². The zero-order valence-electron chi connectivity index (χ0n) is 8.07. The summed E-state index contributed by atoms with van der Waals surface area (Å²) in [6.07, 6.45) is 6.23. The molecule has 1 aromatic rings. The van der Waals surface area contributed by atoms with Crippen LogP contribution < -0.4 is 5.32 Å². The lowest BCUT2D eigenvalue weighted by molar-refractivity contribution is 0.314. The minimum absolute atomic E-state index is 0.204. The molecule has 4 heteroatoms. The van der Waals surface area contributed by atoms with E-state index in [1.807, 2.05) is 0 Å². The van der Waals surface area contributed by atoms with E-state index in [2.05, 4.69) is 31.2 Å². The Bertz CT molecular complexity index is 352. The number of nitrogens with one attached hydrogen (secondary N) is 2. The zero-order chi connectivity index (χ0) is 9.60. The first-order valence-electron chi connectivity index (χ1n) is 5.30. The van der Waals surface area contributed by atoms with Gasteiger partial charge in [0, 0.05) is 18.7 Å². The SMILES string of the molecule is Brc1nc2c([nH]1)CCNC21CCCC1. The van der Waals surface area contributed by atoms with Crippen LogP contribution in [0.15, 0.2) is 4.73 Å². The second kappa shape index (κ2) is 3.07. The zero-order valence-corrected chi connectivity index (χ0v) is 9.65. The molecule has 1 spiro atoms. The van der Waals surface area contributed by atoms with Gasteiger partial charge >= 0.3 is 0 Å². The smallest absolute Gasteiger partial charge is 0.174 e. The van der Waals surface area contributed by atoms with Gasteiger partial charge in [0.15, 0.2) is 4.73 Å². The van der Waals surface area contributed by atoms with E-state index in [9.17, 15) is 0 Å². The molecule has 2 N–H and O–H groups in total. The molecule has 0 atom stereocenters. The molecule has 0 aromatic carbocycles. The van der Waals surface area contributed by atoms with Gasteiger partial charge < -0.3 is 10.3 Å². The Morgan fingerprint density at radius 2 is 2.07 bits per heavy atom. The van der Waals surface area contributed by atoms with E-state index in [0.29, 0.717) is 0 Å². The van der Waals surface area contributed by atoms with Crippen molar-refractivity contribution in [2.45, 2.75) is 37.6 Å². The largest absolute Gasteiger partial charge is 0.336 e. The van der Waals surface area contributed by atoms with Crippen molar-refractivity contribution in [2.24, 2.45) is 0 Å². The van der Waals surface area contributed by atoms with Crippen LogP contribution in [0.5, 0.6) is 0 Å². The average molecular weight is 256 g/mol. The van der Waals surface area contributed by atoms with Gasteiger partial charge in [-0.25, -0.2) is 4.98 Å². The average Bonchev–Trinajstić information content (AvgIpc) is 2.74. The lowest BCUT2D eigenvalue weighted by Crippen LogP contribution is -2.45. The topological polar surface area (TPSA) is 40.7 Å². The molecule has 1 saturated carbocycles. The van der Waals surface area contributed by atoms with Crippen LogP contribution in [0.1, 0.15) is 37.1 Å². The van der Waals surface area contributed by atoms with Crippen molar-refractivity contribution in [2.75, 3.05) is 6.54 Å². The molecule has 1 aliphatic heterocycles. The predicted molar refractivity (Wildman–Crippen MR) is 58.1 cm³/mol. The van der Waals surface area contributed by atoms with Crippen LogP contribution in [0.3, 0.4) is 0 Å². The summed E-state index contributed by atoms with van der Waals surface area (Å²) < 4.78 is 0.887. The van der Waals surface area contributed by atoms with E-state index in [0.717, 1.165) is 17.7 Å². The predicted octanol–water partition coefficient (Wildman–Crippen LogP) is 2.09. The number of imidazole rings is 1. The highest BCUT2D eigenvalue weighted by atomic mass is 79.9. The Hall–Kier alpha value is -0.350. The van der Waals surface area contributed by atoms with Crippen molar-refractivity contribution >= 4 is 15.9 Å². The molecule has 0 bridgehead atoms. The Labute approximate surface area is 91.8 Å². The molecule has 3 nitrogen and oxygen atoms in total. The number of nitrogens with zero attached hydrogens (tertiary/aromatic N) is 1. The van der Waals surface area contributed by atoms with Gasteiger partial charge in [-0.3, -0.25) is 0 Å². The summed E-state index contributed by atoms with van der Waals surface area (Å²) in [6.45, 7) is 1.08. The van der Waals surface area contributed by atoms with Crippen LogP contribution in [0.4, 0.5) is 0 Å². The van der Waals surface area contributed by atoms with Crippen LogP contribution >= 0.6 is 15.9 Å². The summed E-state index contributed by atoms with van der Waals surface area (Å²) in [5.74, 6) is 0. The summed E-state index contributed by atoms with van der Waals surface area (Å²) in [7, 11) is 0. The number of hydrogen-bond acceptors (Lipinski definition) is 2. The Balaban J connectivity index is 2.09. The molecule has 3 rings (SSSR count). The van der Waals surface area contributed by atoms with Crippen molar-refractivity contribution in [1.82, 2.24) is 15.3 Å². The van der Waals surface area contributed by atoms with E-state index < -0.39 is 0 Å². The fourth-order valence-corrected chi connectivity index (χ4v) is 3.27. The Kier molecular flexibility index (Phi) is 1.96. The van der Waals surface area contributed by atoms with E-state index in [4.69, 9.17) is 0 Å². The Morgan fingerprint density at radius 3 is 2.86 bits per heavy atom. The normalized spacial score (nSPS) is 24.1. The van der Waals surface area contributed by atoms with Crippen molar-refractivity contribution < 1.29 is 0 Å². The van der Waals surface area contributed by atoms with Crippen LogP contribution in [0, 0.1) is 0 Å². The summed E-state index contributed by atoms with van der Waals surface area (Å²) in [5.41, 5.74) is 2.81. The van der Waals surface area contributed by atoms with Gasteiger partial charge in [0.05, 0.1) is 11.2 Å². The third-order valence-corrected chi connectivity index (χ3v) is 3.87. The van der Waals surface area contributed by atoms with Crippen molar-refractivity contribution in [1.29, 1.82) is 0 Å². The Morgan fingerprint density at radius 1 is 1.29 bits per heavy atom. The molecule has 0 radical (unpaired) electrons. The first kappa shape index (κ1) is 8.92. The molecule has 0 saturated heterocycles. The third-order valence-electron chi connectivity index (χ3n) is 3.50. The second-order valence-corrected chi connectivity index (χ2v) is 5.07. The number of aromatic nitrogens is 2. The van der Waals surface area contributed by atoms with Gasteiger partial charge in [0.25, 0.3) is 0 Å². The second-order valence-electron chi connectivity index (χ2n) is 4.32. The minimum atomic E-state index is 0.204. The number of aromatic amines is 1. The minimum Gasteiger partial charge on any atom is -0.336 e. The van der Waals surface area contributed by atoms with Gasteiger partial charge in [-0.05, 0) is 28.8 Å². The molecule has 2 aliphatic rings. The number of halogens is 1. The lowest BCUT2D eigenvalue weighted by Gasteiger charge is -2.33. The van der Waals surface area contributed by atoms with Gasteiger partial charge in [0.2, 0.25) is 0 Å². The summed E-state index contributed by atoms with van der Waals surface area (Å²) in [6, 6.07) is 0. The highest BCUT2D eigenvalue weighted by Crippen LogP contribution is 2.41. The van der Waals surface area contributed by atoms with E-state index in [-0.39, 0.29) is 5.54 Å². The van der Waals surface area contributed by atoms with Crippen LogP contribution in [0.25, 0.3) is 0 Å². The fraction of sp³-hybridized carbons (Fsp3) is 0.700. The standard InChI is InChI=1S/C10H14BrN3/c11-9-13-7-3-6-12-10(8(7)14-9)4-1-2-5-10/h12H,1-6H2,(H,13,14). The molecule has 0 amide bonds. The van der Waals surface area contributed by atoms with Crippen LogP contribution in [0.2, 0.25) is 0 Å². The number of hydrogen-bond donors (Lipinski definition) is 2. The molecule has 14 heavy (non-hydrogen) atoms. The number of rotatable bonds is 0. The fourth-order valence-electron chi connectivity index (χ4n) is 2.86.